The summed E-state index contributed by atoms with van der Waals surface area (Å²) < 4.78 is 46.4. The molecule has 1 atom stereocenters. The number of nitrogens with zero attached hydrogens (tertiary/aromatic N) is 2. The summed E-state index contributed by atoms with van der Waals surface area (Å²) in [5.74, 6) is -2.29. The molecule has 4 fully saturated rings. The summed E-state index contributed by atoms with van der Waals surface area (Å²) in [6.45, 7) is 1.43. The van der Waals surface area contributed by atoms with Gasteiger partial charge in [-0.2, -0.15) is 0 Å². The Bertz CT molecular complexity index is 771. The van der Waals surface area contributed by atoms with Crippen LogP contribution in [-0.4, -0.2) is 62.5 Å². The number of amides is 1. The van der Waals surface area contributed by atoms with Gasteiger partial charge in [0.2, 0.25) is 0 Å². The number of anilines is 2. The van der Waals surface area contributed by atoms with E-state index in [9.17, 15) is 13.6 Å². The lowest BCUT2D eigenvalue weighted by molar-refractivity contribution is -0.178. The van der Waals surface area contributed by atoms with Crippen molar-refractivity contribution in [3.05, 3.63) is 23.8 Å². The van der Waals surface area contributed by atoms with E-state index in [1.807, 2.05) is 0 Å². The summed E-state index contributed by atoms with van der Waals surface area (Å²) in [4.78, 5) is 14.6. The third kappa shape index (κ3) is 2.45. The standard InChI is InChI=1S/C18H20F2N2O5/c19-13-5-11(22-7-12(8-23)27-16(22)24)6-14(20)15(13)21-9-17(1-2-17)18(10-21)25-3-4-26-18/h5-6,12,23H,1-4,7-10H2/t12-/m1/s1. The Balaban J connectivity index is 1.44. The first kappa shape index (κ1) is 17.2. The third-order valence-corrected chi connectivity index (χ3v) is 6.02. The molecule has 1 aliphatic carbocycles. The van der Waals surface area contributed by atoms with Gasteiger partial charge in [-0.3, -0.25) is 4.90 Å². The number of rotatable bonds is 3. The second-order valence-corrected chi connectivity index (χ2v) is 7.64. The summed E-state index contributed by atoms with van der Waals surface area (Å²) >= 11 is 0. The molecule has 1 aromatic carbocycles. The third-order valence-electron chi connectivity index (χ3n) is 6.02. The van der Waals surface area contributed by atoms with Gasteiger partial charge in [0.15, 0.2) is 17.4 Å². The van der Waals surface area contributed by atoms with Crippen LogP contribution in [0.1, 0.15) is 12.8 Å². The number of ether oxygens (including phenoxy) is 3. The van der Waals surface area contributed by atoms with Gasteiger partial charge in [0, 0.05) is 24.1 Å². The lowest BCUT2D eigenvalue weighted by Gasteiger charge is -2.28. The number of fused-ring (bicyclic) bond motifs is 1. The van der Waals surface area contributed by atoms with Gasteiger partial charge < -0.3 is 24.2 Å². The van der Waals surface area contributed by atoms with E-state index >= 15 is 0 Å². The number of hydrogen-bond donors (Lipinski definition) is 1. The van der Waals surface area contributed by atoms with Gasteiger partial charge in [-0.05, 0) is 12.8 Å². The molecular weight excluding hydrogens is 362 g/mol. The highest BCUT2D eigenvalue weighted by molar-refractivity contribution is 5.90. The average molecular weight is 382 g/mol. The average Bonchev–Trinajstić information content (AvgIpc) is 3.00. The maximum absolute atomic E-state index is 14.9. The van der Waals surface area contributed by atoms with E-state index in [2.05, 4.69) is 0 Å². The fraction of sp³-hybridized carbons (Fsp3) is 0.611. The first-order valence-corrected chi connectivity index (χ1v) is 9.08. The number of hydrogen-bond acceptors (Lipinski definition) is 6. The van der Waals surface area contributed by atoms with Gasteiger partial charge >= 0.3 is 6.09 Å². The molecule has 0 bridgehead atoms. The second-order valence-electron chi connectivity index (χ2n) is 7.64. The van der Waals surface area contributed by atoms with Crippen LogP contribution < -0.4 is 9.80 Å². The van der Waals surface area contributed by atoms with Crippen LogP contribution in [0, 0.1) is 17.0 Å². The van der Waals surface area contributed by atoms with Crippen molar-refractivity contribution in [3.63, 3.8) is 0 Å². The Morgan fingerprint density at radius 2 is 1.81 bits per heavy atom. The highest BCUT2D eigenvalue weighted by atomic mass is 19.1. The molecule has 4 aliphatic rings. The Morgan fingerprint density at radius 3 is 2.37 bits per heavy atom. The summed E-state index contributed by atoms with van der Waals surface area (Å²) in [7, 11) is 0. The Morgan fingerprint density at radius 1 is 1.15 bits per heavy atom. The summed E-state index contributed by atoms with van der Waals surface area (Å²) in [5, 5.41) is 9.12. The van der Waals surface area contributed by atoms with Crippen LogP contribution in [0.4, 0.5) is 25.0 Å². The van der Waals surface area contributed by atoms with Gasteiger partial charge in [0.05, 0.1) is 38.6 Å². The number of benzene rings is 1. The van der Waals surface area contributed by atoms with E-state index < -0.39 is 29.6 Å². The molecule has 5 rings (SSSR count). The van der Waals surface area contributed by atoms with Crippen molar-refractivity contribution < 1.29 is 32.9 Å². The number of carbonyl (C=O) groups is 1. The number of carbonyl (C=O) groups excluding carboxylic acids is 1. The minimum Gasteiger partial charge on any atom is -0.441 e. The molecule has 3 aliphatic heterocycles. The molecule has 3 heterocycles. The summed E-state index contributed by atoms with van der Waals surface area (Å²) in [6, 6.07) is 2.25. The van der Waals surface area contributed by atoms with Gasteiger partial charge in [-0.1, -0.05) is 0 Å². The van der Waals surface area contributed by atoms with Crippen molar-refractivity contribution in [2.24, 2.45) is 5.41 Å². The number of cyclic esters (lactones) is 1. The zero-order chi connectivity index (χ0) is 18.8. The van der Waals surface area contributed by atoms with Crippen LogP contribution in [0.5, 0.6) is 0 Å². The number of aliphatic hydroxyl groups excluding tert-OH is 1. The van der Waals surface area contributed by atoms with E-state index in [0.29, 0.717) is 19.8 Å². The maximum atomic E-state index is 14.9. The second kappa shape index (κ2) is 5.76. The van der Waals surface area contributed by atoms with Crippen molar-refractivity contribution in [1.29, 1.82) is 0 Å². The summed E-state index contributed by atoms with van der Waals surface area (Å²) in [5.41, 5.74) is -0.265. The predicted molar refractivity (Wildman–Crippen MR) is 89.6 cm³/mol. The molecule has 9 heteroatoms. The van der Waals surface area contributed by atoms with Crippen molar-refractivity contribution in [2.75, 3.05) is 49.3 Å². The van der Waals surface area contributed by atoms with Crippen LogP contribution in [0.2, 0.25) is 0 Å². The maximum Gasteiger partial charge on any atom is 0.414 e. The van der Waals surface area contributed by atoms with E-state index in [1.54, 1.807) is 4.90 Å². The van der Waals surface area contributed by atoms with Crippen molar-refractivity contribution >= 4 is 17.5 Å². The first-order valence-electron chi connectivity index (χ1n) is 9.08. The van der Waals surface area contributed by atoms with Gasteiger partial charge in [-0.25, -0.2) is 13.6 Å². The monoisotopic (exact) mass is 382 g/mol. The number of halogens is 2. The SMILES string of the molecule is O=C1O[C@@H](CO)CN1c1cc(F)c(N2CC3(CC3)C3(C2)OCCO3)c(F)c1. The van der Waals surface area contributed by atoms with Crippen molar-refractivity contribution in [1.82, 2.24) is 0 Å². The molecule has 7 nitrogen and oxygen atoms in total. The van der Waals surface area contributed by atoms with Gasteiger partial charge in [0.25, 0.3) is 0 Å². The van der Waals surface area contributed by atoms with Crippen LogP contribution in [-0.2, 0) is 14.2 Å². The molecule has 27 heavy (non-hydrogen) atoms. The lowest BCUT2D eigenvalue weighted by Crippen LogP contribution is -2.40. The molecule has 2 spiro atoms. The highest BCUT2D eigenvalue weighted by Crippen LogP contribution is 2.62. The molecular formula is C18H20F2N2O5. The predicted octanol–water partition coefficient (Wildman–Crippen LogP) is 1.63. The molecule has 0 unspecified atom stereocenters. The quantitative estimate of drug-likeness (QED) is 0.857. The minimum absolute atomic E-state index is 0.0468. The van der Waals surface area contributed by atoms with Crippen LogP contribution >= 0.6 is 0 Å². The van der Waals surface area contributed by atoms with Gasteiger partial charge in [0.1, 0.15) is 11.8 Å². The topological polar surface area (TPSA) is 71.5 Å². The highest BCUT2D eigenvalue weighted by Gasteiger charge is 2.68. The fourth-order valence-corrected chi connectivity index (χ4v) is 4.50. The zero-order valence-corrected chi connectivity index (χ0v) is 14.6. The molecule has 1 N–H and O–H groups in total. The van der Waals surface area contributed by atoms with Crippen molar-refractivity contribution in [3.8, 4) is 0 Å². The Labute approximate surface area is 154 Å². The molecule has 0 radical (unpaired) electrons. The zero-order valence-electron chi connectivity index (χ0n) is 14.6. The smallest absolute Gasteiger partial charge is 0.414 e. The van der Waals surface area contributed by atoms with Crippen LogP contribution in [0.3, 0.4) is 0 Å². The van der Waals surface area contributed by atoms with E-state index in [0.717, 1.165) is 29.9 Å². The normalized spacial score (nSPS) is 27.8. The molecule has 146 valence electrons. The molecule has 3 saturated heterocycles. The van der Waals surface area contributed by atoms with Crippen LogP contribution in [0.15, 0.2) is 12.1 Å². The van der Waals surface area contributed by atoms with Crippen LogP contribution in [0.25, 0.3) is 0 Å². The molecule has 1 amide bonds. The van der Waals surface area contributed by atoms with Crippen molar-refractivity contribution in [2.45, 2.75) is 24.7 Å². The minimum atomic E-state index is -0.780. The number of aliphatic hydroxyl groups is 1. The molecule has 0 aromatic heterocycles. The van der Waals surface area contributed by atoms with E-state index in [-0.39, 0.29) is 36.5 Å². The largest absolute Gasteiger partial charge is 0.441 e. The summed E-state index contributed by atoms with van der Waals surface area (Å²) in [6.07, 6.45) is 0.388. The molecule has 1 aromatic rings. The fourth-order valence-electron chi connectivity index (χ4n) is 4.50. The Hall–Kier alpha value is -1.97. The molecule has 1 saturated carbocycles. The first-order chi connectivity index (χ1) is 13.0. The van der Waals surface area contributed by atoms with E-state index in [1.165, 1.54) is 0 Å². The van der Waals surface area contributed by atoms with Gasteiger partial charge in [-0.15, -0.1) is 0 Å². The van der Waals surface area contributed by atoms with E-state index in [4.69, 9.17) is 19.3 Å². The lowest BCUT2D eigenvalue weighted by atomic mass is 10.00. The Kier molecular flexibility index (Phi) is 3.66.